The second-order valence-electron chi connectivity index (χ2n) is 9.24. The summed E-state index contributed by atoms with van der Waals surface area (Å²) in [5.74, 6) is 0.124. The zero-order valence-corrected chi connectivity index (χ0v) is 20.6. The van der Waals surface area contributed by atoms with E-state index in [1.54, 1.807) is 9.36 Å². The number of nitrogens with zero attached hydrogens (tertiary/aromatic N) is 3. The largest absolute Gasteiger partial charge is 0.341 e. The SMILES string of the molecule is O=c1c(-c2c(F)cc(Cl)c3nc(C4(c5ccc(Cl)cc5)CCCC4)[nH]c23)c(Cl)n2n1CCCC2. The molecule has 2 aromatic carbocycles. The van der Waals surface area contributed by atoms with E-state index >= 15 is 4.39 Å². The average Bonchev–Trinajstić information content (AvgIpc) is 3.55. The lowest BCUT2D eigenvalue weighted by Crippen LogP contribution is -2.27. The molecule has 1 saturated carbocycles. The fraction of sp³-hybridized carbons (Fsp3) is 0.360. The normalized spacial score (nSPS) is 17.4. The van der Waals surface area contributed by atoms with Gasteiger partial charge in [0.1, 0.15) is 22.3 Å². The minimum Gasteiger partial charge on any atom is -0.341 e. The Balaban J connectivity index is 1.61. The van der Waals surface area contributed by atoms with Crippen LogP contribution in [0.1, 0.15) is 49.9 Å². The summed E-state index contributed by atoms with van der Waals surface area (Å²) < 4.78 is 18.8. The number of imidazole rings is 1. The molecule has 0 amide bonds. The van der Waals surface area contributed by atoms with E-state index in [1.807, 2.05) is 24.3 Å². The summed E-state index contributed by atoms with van der Waals surface area (Å²) in [5, 5.41) is 1.11. The molecule has 4 aromatic rings. The summed E-state index contributed by atoms with van der Waals surface area (Å²) in [6, 6.07) is 9.03. The highest BCUT2D eigenvalue weighted by atomic mass is 35.5. The second-order valence-corrected chi connectivity index (χ2v) is 10.4. The van der Waals surface area contributed by atoms with Gasteiger partial charge in [-0.2, -0.15) is 0 Å². The third kappa shape index (κ3) is 3.19. The van der Waals surface area contributed by atoms with Crippen LogP contribution in [0.15, 0.2) is 35.1 Å². The zero-order valence-electron chi connectivity index (χ0n) is 18.3. The molecule has 176 valence electrons. The van der Waals surface area contributed by atoms with Gasteiger partial charge in [0, 0.05) is 18.1 Å². The third-order valence-electron chi connectivity index (χ3n) is 7.39. The summed E-state index contributed by atoms with van der Waals surface area (Å²) in [5.41, 5.74) is 1.58. The van der Waals surface area contributed by atoms with Crippen LogP contribution < -0.4 is 5.56 Å². The Hall–Kier alpha value is -2.28. The van der Waals surface area contributed by atoms with Gasteiger partial charge in [-0.05, 0) is 49.4 Å². The molecule has 9 heteroatoms. The maximum Gasteiger partial charge on any atom is 0.276 e. The van der Waals surface area contributed by atoms with Crippen LogP contribution in [0.3, 0.4) is 0 Å². The topological polar surface area (TPSA) is 55.6 Å². The summed E-state index contributed by atoms with van der Waals surface area (Å²) in [7, 11) is 0. The van der Waals surface area contributed by atoms with Gasteiger partial charge in [0.05, 0.1) is 27.1 Å². The summed E-state index contributed by atoms with van der Waals surface area (Å²) in [4.78, 5) is 21.6. The molecular weight excluding hydrogens is 498 g/mol. The van der Waals surface area contributed by atoms with Gasteiger partial charge in [-0.25, -0.2) is 14.1 Å². The van der Waals surface area contributed by atoms with Crippen LogP contribution >= 0.6 is 34.8 Å². The molecule has 5 nitrogen and oxygen atoms in total. The van der Waals surface area contributed by atoms with Crippen LogP contribution in [0.25, 0.3) is 22.2 Å². The monoisotopic (exact) mass is 518 g/mol. The lowest BCUT2D eigenvalue weighted by atomic mass is 9.78. The number of aromatic nitrogens is 4. The molecule has 1 N–H and O–H groups in total. The first-order chi connectivity index (χ1) is 16.4. The molecule has 2 aliphatic rings. The molecule has 6 rings (SSSR count). The van der Waals surface area contributed by atoms with Gasteiger partial charge < -0.3 is 4.98 Å². The molecule has 2 aromatic heterocycles. The van der Waals surface area contributed by atoms with Gasteiger partial charge in [0.15, 0.2) is 0 Å². The van der Waals surface area contributed by atoms with Gasteiger partial charge >= 0.3 is 0 Å². The molecule has 0 spiro atoms. The Kier molecular flexibility index (Phi) is 5.32. The van der Waals surface area contributed by atoms with E-state index in [-0.39, 0.29) is 32.3 Å². The number of H-pyrrole nitrogens is 1. The standard InChI is InChI=1S/C25H22Cl3FN4O/c26-15-7-5-14(6-8-15)25(9-1-2-10-25)24-30-20-16(27)13-17(29)18(21(20)31-24)19-22(28)32-11-3-4-12-33(32)23(19)34/h5-8,13H,1-4,9-12H2,(H,30,31). The highest BCUT2D eigenvalue weighted by Crippen LogP contribution is 2.47. The summed E-state index contributed by atoms with van der Waals surface area (Å²) in [6.07, 6.45) is 5.70. The molecule has 0 unspecified atom stereocenters. The molecule has 0 saturated heterocycles. The van der Waals surface area contributed by atoms with Crippen molar-refractivity contribution >= 4 is 45.8 Å². The fourth-order valence-corrected chi connectivity index (χ4v) is 6.42. The molecule has 1 aliphatic carbocycles. The van der Waals surface area contributed by atoms with Gasteiger partial charge in [-0.1, -0.05) is 59.8 Å². The van der Waals surface area contributed by atoms with Crippen LogP contribution in [0.2, 0.25) is 15.2 Å². The Morgan fingerprint density at radius 3 is 2.29 bits per heavy atom. The van der Waals surface area contributed by atoms with E-state index in [2.05, 4.69) is 4.98 Å². The number of nitrogens with one attached hydrogen (secondary N) is 1. The minimum absolute atomic E-state index is 0.131. The van der Waals surface area contributed by atoms with Crippen molar-refractivity contribution in [1.29, 1.82) is 0 Å². The van der Waals surface area contributed by atoms with Crippen molar-refractivity contribution in [3.05, 3.63) is 73.1 Å². The number of aromatic amines is 1. The number of fused-ring (bicyclic) bond motifs is 2. The van der Waals surface area contributed by atoms with E-state index in [9.17, 15) is 4.79 Å². The predicted octanol–water partition coefficient (Wildman–Crippen LogP) is 6.95. The molecule has 3 heterocycles. The Morgan fingerprint density at radius 1 is 0.941 bits per heavy atom. The number of hydrogen-bond acceptors (Lipinski definition) is 2. The quantitative estimate of drug-likeness (QED) is 0.318. The molecule has 1 fully saturated rings. The molecule has 0 radical (unpaired) electrons. The van der Waals surface area contributed by atoms with Gasteiger partial charge in [-0.15, -0.1) is 0 Å². The van der Waals surface area contributed by atoms with Crippen LogP contribution in [0, 0.1) is 5.82 Å². The van der Waals surface area contributed by atoms with Crippen molar-refractivity contribution in [2.45, 2.75) is 57.0 Å². The maximum atomic E-state index is 15.5. The van der Waals surface area contributed by atoms with E-state index in [0.717, 1.165) is 49.9 Å². The van der Waals surface area contributed by atoms with Crippen molar-refractivity contribution < 1.29 is 4.39 Å². The van der Waals surface area contributed by atoms with Gasteiger partial charge in [0.25, 0.3) is 5.56 Å². The van der Waals surface area contributed by atoms with Gasteiger partial charge in [-0.3, -0.25) is 9.48 Å². The van der Waals surface area contributed by atoms with Crippen molar-refractivity contribution in [2.75, 3.05) is 0 Å². The van der Waals surface area contributed by atoms with Crippen LogP contribution in [-0.4, -0.2) is 19.3 Å². The van der Waals surface area contributed by atoms with Crippen molar-refractivity contribution in [2.24, 2.45) is 0 Å². The first-order valence-electron chi connectivity index (χ1n) is 11.5. The first-order valence-corrected chi connectivity index (χ1v) is 12.7. The van der Waals surface area contributed by atoms with Crippen LogP contribution in [0.4, 0.5) is 4.39 Å². The second kappa shape index (κ2) is 8.14. The lowest BCUT2D eigenvalue weighted by Gasteiger charge is -2.27. The van der Waals surface area contributed by atoms with E-state index in [4.69, 9.17) is 39.8 Å². The summed E-state index contributed by atoms with van der Waals surface area (Å²) in [6.45, 7) is 1.19. The molecule has 34 heavy (non-hydrogen) atoms. The molecular formula is C25H22Cl3FN4O. The predicted molar refractivity (Wildman–Crippen MR) is 134 cm³/mol. The van der Waals surface area contributed by atoms with E-state index in [1.165, 1.54) is 6.07 Å². The molecule has 0 atom stereocenters. The highest BCUT2D eigenvalue weighted by Gasteiger charge is 2.41. The third-order valence-corrected chi connectivity index (χ3v) is 8.32. The van der Waals surface area contributed by atoms with Crippen LogP contribution in [-0.2, 0) is 18.5 Å². The smallest absolute Gasteiger partial charge is 0.276 e. The van der Waals surface area contributed by atoms with Crippen LogP contribution in [0.5, 0.6) is 0 Å². The van der Waals surface area contributed by atoms with Crippen molar-refractivity contribution in [1.82, 2.24) is 19.3 Å². The number of benzene rings is 2. The number of rotatable bonds is 3. The number of halogens is 4. The Bertz CT molecular complexity index is 1480. The Morgan fingerprint density at radius 2 is 1.62 bits per heavy atom. The Labute approximate surface area is 210 Å². The minimum atomic E-state index is -0.595. The highest BCUT2D eigenvalue weighted by molar-refractivity contribution is 6.36. The van der Waals surface area contributed by atoms with Gasteiger partial charge in [0.2, 0.25) is 0 Å². The fourth-order valence-electron chi connectivity index (χ4n) is 5.72. The van der Waals surface area contributed by atoms with Crippen molar-refractivity contribution in [3.8, 4) is 11.1 Å². The van der Waals surface area contributed by atoms with E-state index in [0.29, 0.717) is 29.1 Å². The number of hydrogen-bond donors (Lipinski definition) is 1. The molecule has 1 aliphatic heterocycles. The van der Waals surface area contributed by atoms with E-state index < -0.39 is 5.82 Å². The van der Waals surface area contributed by atoms with Crippen molar-refractivity contribution in [3.63, 3.8) is 0 Å². The molecule has 0 bridgehead atoms. The maximum absolute atomic E-state index is 15.5. The first kappa shape index (κ1) is 22.2. The average molecular weight is 520 g/mol. The lowest BCUT2D eigenvalue weighted by molar-refractivity contribution is 0.356. The zero-order chi connectivity index (χ0) is 23.6. The summed E-state index contributed by atoms with van der Waals surface area (Å²) >= 11 is 19.3.